The number of hydrogen-bond donors (Lipinski definition) is 1. The quantitative estimate of drug-likeness (QED) is 0.741. The summed E-state index contributed by atoms with van der Waals surface area (Å²) in [6.07, 6.45) is 0.793. The molecule has 130 valence electrons. The topological polar surface area (TPSA) is 43.3 Å². The molecule has 1 heterocycles. The molecule has 25 heavy (non-hydrogen) atoms. The molecule has 0 saturated carbocycles. The predicted molar refractivity (Wildman–Crippen MR) is 101 cm³/mol. The summed E-state index contributed by atoms with van der Waals surface area (Å²) < 4.78 is 7.26. The first-order valence-electron chi connectivity index (χ1n) is 8.64. The van der Waals surface area contributed by atoms with E-state index in [1.165, 1.54) is 5.56 Å². The van der Waals surface area contributed by atoms with Gasteiger partial charge in [-0.1, -0.05) is 30.3 Å². The Labute approximate surface area is 148 Å². The molecule has 0 atom stereocenters. The Morgan fingerprint density at radius 1 is 1.12 bits per heavy atom. The van der Waals surface area contributed by atoms with Crippen molar-refractivity contribution < 1.29 is 9.53 Å². The van der Waals surface area contributed by atoms with E-state index < -0.39 is 0 Å². The van der Waals surface area contributed by atoms with Crippen LogP contribution < -0.4 is 10.1 Å². The second kappa shape index (κ2) is 7.43. The van der Waals surface area contributed by atoms with Crippen molar-refractivity contribution in [1.82, 2.24) is 9.88 Å². The molecule has 1 aromatic heterocycles. The van der Waals surface area contributed by atoms with Gasteiger partial charge in [0, 0.05) is 24.0 Å². The maximum Gasteiger partial charge on any atom is 0.268 e. The Balaban J connectivity index is 1.72. The number of nitrogens with zero attached hydrogens (tertiary/aromatic N) is 1. The van der Waals surface area contributed by atoms with E-state index in [1.54, 1.807) is 7.11 Å². The zero-order valence-electron chi connectivity index (χ0n) is 15.0. The number of methoxy groups -OCH3 is 1. The van der Waals surface area contributed by atoms with Crippen LogP contribution in [-0.2, 0) is 13.0 Å². The highest BCUT2D eigenvalue weighted by molar-refractivity contribution is 6.01. The standard InChI is InChI=1S/C21H24N2O2/c1-4-23-19-8-6-5-7-18(19)15(2)20(23)21(24)22-14-13-16-9-11-17(25-3)12-10-16/h5-12H,4,13-14H2,1-3H3,(H,22,24). The molecule has 4 nitrogen and oxygen atoms in total. The normalized spacial score (nSPS) is 10.8. The van der Waals surface area contributed by atoms with Crippen molar-refractivity contribution in [2.24, 2.45) is 0 Å². The summed E-state index contributed by atoms with van der Waals surface area (Å²) in [7, 11) is 1.66. The molecule has 3 rings (SSSR count). The van der Waals surface area contributed by atoms with Gasteiger partial charge < -0.3 is 14.6 Å². The number of hydrogen-bond acceptors (Lipinski definition) is 2. The van der Waals surface area contributed by atoms with Crippen LogP contribution in [0.4, 0.5) is 0 Å². The fraction of sp³-hybridized carbons (Fsp3) is 0.286. The minimum Gasteiger partial charge on any atom is -0.497 e. The highest BCUT2D eigenvalue weighted by Crippen LogP contribution is 2.25. The van der Waals surface area contributed by atoms with Gasteiger partial charge in [0.15, 0.2) is 0 Å². The van der Waals surface area contributed by atoms with Gasteiger partial charge in [0.1, 0.15) is 11.4 Å². The number of carbonyl (C=O) groups is 1. The van der Waals surface area contributed by atoms with E-state index in [-0.39, 0.29) is 5.91 Å². The number of amides is 1. The molecule has 0 aliphatic heterocycles. The van der Waals surface area contributed by atoms with Gasteiger partial charge in [-0.25, -0.2) is 0 Å². The molecular formula is C21H24N2O2. The van der Waals surface area contributed by atoms with Crippen molar-refractivity contribution >= 4 is 16.8 Å². The molecule has 2 aromatic carbocycles. The number of carbonyl (C=O) groups excluding carboxylic acids is 1. The van der Waals surface area contributed by atoms with E-state index in [2.05, 4.69) is 28.9 Å². The molecule has 0 unspecified atom stereocenters. The molecule has 0 fully saturated rings. The average Bonchev–Trinajstić information content (AvgIpc) is 2.94. The Morgan fingerprint density at radius 2 is 1.84 bits per heavy atom. The second-order valence-electron chi connectivity index (χ2n) is 6.09. The fourth-order valence-electron chi connectivity index (χ4n) is 3.29. The fourth-order valence-corrected chi connectivity index (χ4v) is 3.29. The lowest BCUT2D eigenvalue weighted by Crippen LogP contribution is -2.28. The third-order valence-corrected chi connectivity index (χ3v) is 4.61. The zero-order valence-corrected chi connectivity index (χ0v) is 15.0. The minimum atomic E-state index is -0.0101. The zero-order chi connectivity index (χ0) is 17.8. The second-order valence-corrected chi connectivity index (χ2v) is 6.09. The minimum absolute atomic E-state index is 0.0101. The molecular weight excluding hydrogens is 312 g/mol. The first kappa shape index (κ1) is 17.1. The maximum absolute atomic E-state index is 12.8. The molecule has 0 aliphatic rings. The van der Waals surface area contributed by atoms with Gasteiger partial charge in [-0.2, -0.15) is 0 Å². The lowest BCUT2D eigenvalue weighted by Gasteiger charge is -2.10. The molecule has 0 spiro atoms. The number of ether oxygens (including phenoxy) is 1. The number of benzene rings is 2. The number of aromatic nitrogens is 1. The van der Waals surface area contributed by atoms with Crippen LogP contribution >= 0.6 is 0 Å². The lowest BCUT2D eigenvalue weighted by molar-refractivity contribution is 0.0945. The van der Waals surface area contributed by atoms with E-state index >= 15 is 0 Å². The summed E-state index contributed by atoms with van der Waals surface area (Å²) in [6.45, 7) is 5.47. The van der Waals surface area contributed by atoms with Gasteiger partial charge >= 0.3 is 0 Å². The molecule has 0 bridgehead atoms. The summed E-state index contributed by atoms with van der Waals surface area (Å²) in [5.74, 6) is 0.833. The van der Waals surface area contributed by atoms with Crippen LogP contribution in [0.15, 0.2) is 48.5 Å². The van der Waals surface area contributed by atoms with E-state index in [0.717, 1.165) is 40.9 Å². The van der Waals surface area contributed by atoms with Gasteiger partial charge in [0.2, 0.25) is 0 Å². The Hall–Kier alpha value is -2.75. The van der Waals surface area contributed by atoms with Crippen LogP contribution in [0.1, 0.15) is 28.5 Å². The van der Waals surface area contributed by atoms with Crippen molar-refractivity contribution in [3.8, 4) is 5.75 Å². The van der Waals surface area contributed by atoms with E-state index in [4.69, 9.17) is 4.74 Å². The van der Waals surface area contributed by atoms with Crippen LogP contribution in [0, 0.1) is 6.92 Å². The van der Waals surface area contributed by atoms with Gasteiger partial charge in [-0.15, -0.1) is 0 Å². The van der Waals surface area contributed by atoms with Crippen LogP contribution in [0.3, 0.4) is 0 Å². The van der Waals surface area contributed by atoms with Gasteiger partial charge in [-0.05, 0) is 49.6 Å². The Kier molecular flexibility index (Phi) is 5.08. The predicted octanol–water partition coefficient (Wildman–Crippen LogP) is 3.95. The molecule has 4 heteroatoms. The Morgan fingerprint density at radius 3 is 2.52 bits per heavy atom. The maximum atomic E-state index is 12.8. The number of fused-ring (bicyclic) bond motifs is 1. The number of aryl methyl sites for hydroxylation is 2. The van der Waals surface area contributed by atoms with Crippen LogP contribution in [0.2, 0.25) is 0 Å². The smallest absolute Gasteiger partial charge is 0.268 e. The molecule has 1 amide bonds. The molecule has 0 aliphatic carbocycles. The first-order valence-corrected chi connectivity index (χ1v) is 8.64. The van der Waals surface area contributed by atoms with Crippen LogP contribution in [0.25, 0.3) is 10.9 Å². The van der Waals surface area contributed by atoms with Crippen molar-refractivity contribution in [2.45, 2.75) is 26.8 Å². The number of rotatable bonds is 6. The summed E-state index contributed by atoms with van der Waals surface area (Å²) in [6, 6.07) is 16.1. The summed E-state index contributed by atoms with van der Waals surface area (Å²) in [5.41, 5.74) is 4.09. The number of nitrogens with one attached hydrogen (secondary N) is 1. The van der Waals surface area contributed by atoms with E-state index in [0.29, 0.717) is 6.54 Å². The SMILES string of the molecule is CCn1c(C(=O)NCCc2ccc(OC)cc2)c(C)c2ccccc21. The monoisotopic (exact) mass is 336 g/mol. The van der Waals surface area contributed by atoms with E-state index in [9.17, 15) is 4.79 Å². The van der Waals surface area contributed by atoms with Crippen LogP contribution in [0.5, 0.6) is 5.75 Å². The summed E-state index contributed by atoms with van der Waals surface area (Å²) in [4.78, 5) is 12.8. The first-order chi connectivity index (χ1) is 12.2. The highest BCUT2D eigenvalue weighted by atomic mass is 16.5. The largest absolute Gasteiger partial charge is 0.497 e. The third-order valence-electron chi connectivity index (χ3n) is 4.61. The highest BCUT2D eigenvalue weighted by Gasteiger charge is 2.18. The molecule has 0 saturated heterocycles. The van der Waals surface area contributed by atoms with Crippen molar-refractivity contribution in [2.75, 3.05) is 13.7 Å². The average molecular weight is 336 g/mol. The van der Waals surface area contributed by atoms with Crippen molar-refractivity contribution in [3.05, 3.63) is 65.4 Å². The number of para-hydroxylation sites is 1. The molecule has 0 radical (unpaired) electrons. The lowest BCUT2D eigenvalue weighted by atomic mass is 10.1. The summed E-state index contributed by atoms with van der Waals surface area (Å²) >= 11 is 0. The van der Waals surface area contributed by atoms with Crippen molar-refractivity contribution in [1.29, 1.82) is 0 Å². The summed E-state index contributed by atoms with van der Waals surface area (Å²) in [5, 5.41) is 4.20. The van der Waals surface area contributed by atoms with Crippen molar-refractivity contribution in [3.63, 3.8) is 0 Å². The third kappa shape index (κ3) is 3.38. The van der Waals surface area contributed by atoms with Crippen LogP contribution in [-0.4, -0.2) is 24.1 Å². The van der Waals surface area contributed by atoms with Gasteiger partial charge in [0.05, 0.1) is 7.11 Å². The molecule has 3 aromatic rings. The van der Waals surface area contributed by atoms with E-state index in [1.807, 2.05) is 43.3 Å². The van der Waals surface area contributed by atoms with Gasteiger partial charge in [0.25, 0.3) is 5.91 Å². The molecule has 1 N–H and O–H groups in total. The Bertz CT molecular complexity index is 879. The van der Waals surface area contributed by atoms with Gasteiger partial charge in [-0.3, -0.25) is 4.79 Å².